The van der Waals surface area contributed by atoms with Crippen molar-refractivity contribution in [3.63, 3.8) is 0 Å². The highest BCUT2D eigenvalue weighted by Crippen LogP contribution is 2.14. The van der Waals surface area contributed by atoms with Gasteiger partial charge < -0.3 is 9.73 Å². The summed E-state index contributed by atoms with van der Waals surface area (Å²) in [5.74, 6) is -0.637. The van der Waals surface area contributed by atoms with Gasteiger partial charge in [-0.15, -0.1) is 10.2 Å². The minimum Gasteiger partial charge on any atom is -0.459 e. The van der Waals surface area contributed by atoms with E-state index < -0.39 is 5.91 Å². The Morgan fingerprint density at radius 2 is 2.26 bits per heavy atom. The molecule has 2 N–H and O–H groups in total. The molecule has 2 heterocycles. The van der Waals surface area contributed by atoms with Crippen LogP contribution in [0, 0.1) is 0 Å². The van der Waals surface area contributed by atoms with Gasteiger partial charge in [-0.25, -0.2) is 0 Å². The number of furan rings is 1. The first-order valence-corrected chi connectivity index (χ1v) is 6.44. The number of nitrogens with one attached hydrogen (secondary N) is 2. The molecule has 0 bridgehead atoms. The van der Waals surface area contributed by atoms with Gasteiger partial charge in [-0.2, -0.15) is 0 Å². The summed E-state index contributed by atoms with van der Waals surface area (Å²) in [5, 5.41) is 13.9. The van der Waals surface area contributed by atoms with E-state index in [0.29, 0.717) is 5.13 Å². The summed E-state index contributed by atoms with van der Waals surface area (Å²) in [6.07, 6.45) is 2.16. The third kappa shape index (κ3) is 3.62. The number of hydrogen-bond donors (Lipinski definition) is 2. The number of rotatable bonds is 5. The number of carbonyl (C=O) groups excluding carboxylic acids is 2. The molecular weight excluding hydrogens is 268 g/mol. The van der Waals surface area contributed by atoms with Gasteiger partial charge in [0.2, 0.25) is 11.0 Å². The van der Waals surface area contributed by atoms with Crippen LogP contribution in [0.15, 0.2) is 22.8 Å². The van der Waals surface area contributed by atoms with Crippen molar-refractivity contribution in [2.45, 2.75) is 13.3 Å². The monoisotopic (exact) mass is 280 g/mol. The SMILES string of the molecule is CCc1nnc(NC(=O)CNC(=O)c2ccco2)s1. The quantitative estimate of drug-likeness (QED) is 0.853. The van der Waals surface area contributed by atoms with Gasteiger partial charge in [0.25, 0.3) is 5.91 Å². The number of anilines is 1. The largest absolute Gasteiger partial charge is 0.459 e. The number of hydrogen-bond acceptors (Lipinski definition) is 6. The van der Waals surface area contributed by atoms with Crippen LogP contribution in [0.2, 0.25) is 0 Å². The molecule has 2 aromatic heterocycles. The molecule has 7 nitrogen and oxygen atoms in total. The molecular formula is C11H12N4O3S. The topological polar surface area (TPSA) is 97.1 Å². The van der Waals surface area contributed by atoms with Crippen LogP contribution in [0.4, 0.5) is 5.13 Å². The molecule has 2 rings (SSSR count). The highest BCUT2D eigenvalue weighted by atomic mass is 32.1. The Bertz CT molecular complexity index is 564. The van der Waals surface area contributed by atoms with Crippen LogP contribution >= 0.6 is 11.3 Å². The summed E-state index contributed by atoms with van der Waals surface area (Å²) in [6.45, 7) is 1.80. The summed E-state index contributed by atoms with van der Waals surface area (Å²) in [5.41, 5.74) is 0. The molecule has 0 aliphatic rings. The third-order valence-corrected chi connectivity index (χ3v) is 3.15. The summed E-state index contributed by atoms with van der Waals surface area (Å²) < 4.78 is 4.90. The number of aryl methyl sites for hydroxylation is 1. The molecule has 0 saturated heterocycles. The molecule has 100 valence electrons. The van der Waals surface area contributed by atoms with E-state index >= 15 is 0 Å². The van der Waals surface area contributed by atoms with E-state index in [-0.39, 0.29) is 18.2 Å². The lowest BCUT2D eigenvalue weighted by Crippen LogP contribution is -2.32. The Labute approximate surface area is 113 Å². The Balaban J connectivity index is 1.80. The predicted molar refractivity (Wildman–Crippen MR) is 69.0 cm³/mol. The van der Waals surface area contributed by atoms with Crippen molar-refractivity contribution < 1.29 is 14.0 Å². The molecule has 2 amide bonds. The first kappa shape index (κ1) is 13.2. The van der Waals surface area contributed by atoms with E-state index in [4.69, 9.17) is 4.42 Å². The zero-order chi connectivity index (χ0) is 13.7. The second-order valence-corrected chi connectivity index (χ2v) is 4.62. The van der Waals surface area contributed by atoms with Crippen LogP contribution in [0.5, 0.6) is 0 Å². The third-order valence-electron chi connectivity index (χ3n) is 2.17. The average Bonchev–Trinajstić information content (AvgIpc) is 3.06. The lowest BCUT2D eigenvalue weighted by atomic mass is 10.4. The number of aromatic nitrogens is 2. The summed E-state index contributed by atoms with van der Waals surface area (Å²) in [7, 11) is 0. The Morgan fingerprint density at radius 3 is 2.89 bits per heavy atom. The molecule has 0 aliphatic carbocycles. The maximum absolute atomic E-state index is 11.6. The maximum atomic E-state index is 11.6. The van der Waals surface area contributed by atoms with Crippen LogP contribution < -0.4 is 10.6 Å². The number of amides is 2. The first-order chi connectivity index (χ1) is 9.19. The van der Waals surface area contributed by atoms with Crippen LogP contribution in [0.1, 0.15) is 22.5 Å². The second kappa shape index (κ2) is 6.10. The fraction of sp³-hybridized carbons (Fsp3) is 0.273. The molecule has 0 radical (unpaired) electrons. The molecule has 0 fully saturated rings. The van der Waals surface area contributed by atoms with E-state index in [0.717, 1.165) is 11.4 Å². The van der Waals surface area contributed by atoms with E-state index in [1.54, 1.807) is 6.07 Å². The predicted octanol–water partition coefficient (Wildman–Crippen LogP) is 1.06. The second-order valence-electron chi connectivity index (χ2n) is 3.56. The first-order valence-electron chi connectivity index (χ1n) is 5.63. The van der Waals surface area contributed by atoms with Crippen LogP contribution in [0.3, 0.4) is 0 Å². The summed E-state index contributed by atoms with van der Waals surface area (Å²) in [4.78, 5) is 23.1. The molecule has 0 atom stereocenters. The van der Waals surface area contributed by atoms with Crippen LogP contribution in [0.25, 0.3) is 0 Å². The molecule has 19 heavy (non-hydrogen) atoms. The molecule has 8 heteroatoms. The van der Waals surface area contributed by atoms with Crippen molar-refractivity contribution in [3.8, 4) is 0 Å². The molecule has 0 saturated carbocycles. The van der Waals surface area contributed by atoms with E-state index in [1.165, 1.54) is 23.7 Å². The highest BCUT2D eigenvalue weighted by molar-refractivity contribution is 7.15. The average molecular weight is 280 g/mol. The molecule has 0 spiro atoms. The van der Waals surface area contributed by atoms with Crippen molar-refractivity contribution >= 4 is 28.3 Å². The minimum atomic E-state index is -0.438. The number of nitrogens with zero attached hydrogens (tertiary/aromatic N) is 2. The fourth-order valence-corrected chi connectivity index (χ4v) is 1.96. The van der Waals surface area contributed by atoms with Crippen molar-refractivity contribution in [2.24, 2.45) is 0 Å². The van der Waals surface area contributed by atoms with Gasteiger partial charge in [0, 0.05) is 0 Å². The summed E-state index contributed by atoms with van der Waals surface area (Å²) >= 11 is 1.31. The Hall–Kier alpha value is -2.22. The van der Waals surface area contributed by atoms with Crippen LogP contribution in [-0.4, -0.2) is 28.6 Å². The van der Waals surface area contributed by atoms with Gasteiger partial charge in [0.15, 0.2) is 5.76 Å². The Kier molecular flexibility index (Phi) is 4.24. The molecule has 2 aromatic rings. The van der Waals surface area contributed by atoms with Crippen molar-refractivity contribution in [1.82, 2.24) is 15.5 Å². The lowest BCUT2D eigenvalue weighted by molar-refractivity contribution is -0.115. The maximum Gasteiger partial charge on any atom is 0.287 e. The molecule has 0 unspecified atom stereocenters. The van der Waals surface area contributed by atoms with Gasteiger partial charge in [-0.3, -0.25) is 14.9 Å². The number of carbonyl (C=O) groups is 2. The van der Waals surface area contributed by atoms with Gasteiger partial charge in [0.05, 0.1) is 12.8 Å². The van der Waals surface area contributed by atoms with Crippen molar-refractivity contribution in [2.75, 3.05) is 11.9 Å². The zero-order valence-corrected chi connectivity index (χ0v) is 11.0. The van der Waals surface area contributed by atoms with Gasteiger partial charge in [-0.05, 0) is 18.6 Å². The lowest BCUT2D eigenvalue weighted by Gasteiger charge is -2.02. The van der Waals surface area contributed by atoms with Gasteiger partial charge in [-0.1, -0.05) is 18.3 Å². The van der Waals surface area contributed by atoms with Crippen molar-refractivity contribution in [3.05, 3.63) is 29.2 Å². The van der Waals surface area contributed by atoms with Gasteiger partial charge in [0.1, 0.15) is 5.01 Å². The van der Waals surface area contributed by atoms with E-state index in [2.05, 4.69) is 20.8 Å². The molecule has 0 aliphatic heterocycles. The molecule has 0 aromatic carbocycles. The van der Waals surface area contributed by atoms with Crippen molar-refractivity contribution in [1.29, 1.82) is 0 Å². The standard InChI is InChI=1S/C11H12N4O3S/c1-2-9-14-15-11(19-9)13-8(16)6-12-10(17)7-4-3-5-18-7/h3-5H,2,6H2,1H3,(H,12,17)(H,13,15,16). The zero-order valence-electron chi connectivity index (χ0n) is 10.2. The Morgan fingerprint density at radius 1 is 1.42 bits per heavy atom. The van der Waals surface area contributed by atoms with E-state index in [9.17, 15) is 9.59 Å². The normalized spacial score (nSPS) is 10.2. The summed E-state index contributed by atoms with van der Waals surface area (Å²) in [6, 6.07) is 3.12. The van der Waals surface area contributed by atoms with E-state index in [1.807, 2.05) is 6.92 Å². The highest BCUT2D eigenvalue weighted by Gasteiger charge is 2.11. The van der Waals surface area contributed by atoms with Crippen LogP contribution in [-0.2, 0) is 11.2 Å². The smallest absolute Gasteiger partial charge is 0.287 e. The minimum absolute atomic E-state index is 0.152. The fourth-order valence-electron chi connectivity index (χ4n) is 1.27. The van der Waals surface area contributed by atoms with Gasteiger partial charge >= 0.3 is 0 Å².